The highest BCUT2D eigenvalue weighted by atomic mass is 19.1. The summed E-state index contributed by atoms with van der Waals surface area (Å²) in [4.78, 5) is 30.1. The van der Waals surface area contributed by atoms with Crippen molar-refractivity contribution in [1.29, 1.82) is 0 Å². The van der Waals surface area contributed by atoms with Crippen LogP contribution < -0.4 is 10.2 Å². The average Bonchev–Trinajstić information content (AvgIpc) is 2.91. The maximum atomic E-state index is 14.0. The molecule has 0 aliphatic rings. The van der Waals surface area contributed by atoms with Gasteiger partial charge in [-0.3, -0.25) is 9.59 Å². The van der Waals surface area contributed by atoms with Crippen LogP contribution in [-0.2, 0) is 6.54 Å². The summed E-state index contributed by atoms with van der Waals surface area (Å²) in [6.45, 7) is 2.13. The number of nitrogens with one attached hydrogen (secondary N) is 1. The number of hydrogen-bond acceptors (Lipinski definition) is 3. The molecule has 0 heterocycles. The maximum absolute atomic E-state index is 14.0. The normalized spacial score (nSPS) is 11.5. The summed E-state index contributed by atoms with van der Waals surface area (Å²) >= 11 is 0. The summed E-state index contributed by atoms with van der Waals surface area (Å²) in [5.74, 6) is -1.75. The first kappa shape index (κ1) is 26.5. The largest absolute Gasteiger partial charge is 0.377 e. The predicted octanol–water partition coefficient (Wildman–Crippen LogP) is 6.69. The Bertz CT molecular complexity index is 1440. The summed E-state index contributed by atoms with van der Waals surface area (Å²) in [7, 11) is 3.78. The fourth-order valence-electron chi connectivity index (χ4n) is 4.33. The van der Waals surface area contributed by atoms with Gasteiger partial charge in [-0.15, -0.1) is 0 Å². The Morgan fingerprint density at radius 1 is 0.789 bits per heavy atom. The topological polar surface area (TPSA) is 52.7 Å². The molecule has 0 spiro atoms. The van der Waals surface area contributed by atoms with Crippen LogP contribution >= 0.6 is 0 Å². The van der Waals surface area contributed by atoms with Gasteiger partial charge in [0.05, 0.1) is 6.04 Å². The summed E-state index contributed by atoms with van der Waals surface area (Å²) < 4.78 is 27.6. The lowest BCUT2D eigenvalue weighted by Crippen LogP contribution is -2.34. The van der Waals surface area contributed by atoms with Gasteiger partial charge in [-0.25, -0.2) is 8.78 Å². The molecule has 0 aliphatic carbocycles. The van der Waals surface area contributed by atoms with Crippen molar-refractivity contribution >= 4 is 23.2 Å². The van der Waals surface area contributed by atoms with Gasteiger partial charge < -0.3 is 15.1 Å². The van der Waals surface area contributed by atoms with Crippen molar-refractivity contribution in [2.75, 3.05) is 24.3 Å². The summed E-state index contributed by atoms with van der Waals surface area (Å²) in [5, 5.41) is 2.82. The third-order valence-electron chi connectivity index (χ3n) is 6.33. The Hall–Kier alpha value is -4.52. The van der Waals surface area contributed by atoms with Gasteiger partial charge in [-0.05, 0) is 72.6 Å². The Kier molecular flexibility index (Phi) is 8.16. The SMILES string of the molecule is C[C@H](c1ccccc1)N(Cc1cc(NC(=O)c2cccc(F)c2)ccc1N(C)C)C(=O)c1cccc(F)c1. The first-order chi connectivity index (χ1) is 18.2. The molecule has 194 valence electrons. The Labute approximate surface area is 221 Å². The van der Waals surface area contributed by atoms with Crippen LogP contribution in [0.1, 0.15) is 44.8 Å². The molecule has 0 aliphatic heterocycles. The minimum atomic E-state index is -0.498. The molecule has 4 aromatic rings. The quantitative estimate of drug-likeness (QED) is 0.286. The first-order valence-electron chi connectivity index (χ1n) is 12.2. The molecule has 38 heavy (non-hydrogen) atoms. The van der Waals surface area contributed by atoms with Crippen LogP contribution in [0, 0.1) is 11.6 Å². The number of carbonyl (C=O) groups excluding carboxylic acids is 2. The number of nitrogens with zero attached hydrogens (tertiary/aromatic N) is 2. The molecule has 0 bridgehead atoms. The molecular formula is C31H29F2N3O2. The fourth-order valence-corrected chi connectivity index (χ4v) is 4.33. The molecule has 0 saturated carbocycles. The lowest BCUT2D eigenvalue weighted by molar-refractivity contribution is 0.0673. The number of rotatable bonds is 8. The number of anilines is 2. The van der Waals surface area contributed by atoms with Crippen LogP contribution in [-0.4, -0.2) is 30.8 Å². The van der Waals surface area contributed by atoms with Gasteiger partial charge in [-0.2, -0.15) is 0 Å². The van der Waals surface area contributed by atoms with E-state index in [4.69, 9.17) is 0 Å². The van der Waals surface area contributed by atoms with Crippen molar-refractivity contribution in [3.63, 3.8) is 0 Å². The second-order valence-corrected chi connectivity index (χ2v) is 9.23. The highest BCUT2D eigenvalue weighted by molar-refractivity contribution is 6.04. The molecule has 0 unspecified atom stereocenters. The predicted molar refractivity (Wildman–Crippen MR) is 146 cm³/mol. The Morgan fingerprint density at radius 3 is 2.05 bits per heavy atom. The van der Waals surface area contributed by atoms with Gasteiger partial charge in [0, 0.05) is 43.1 Å². The summed E-state index contributed by atoms with van der Waals surface area (Å²) in [6, 6.07) is 25.8. The molecule has 0 aromatic heterocycles. The molecule has 1 atom stereocenters. The zero-order valence-corrected chi connectivity index (χ0v) is 21.5. The van der Waals surface area contributed by atoms with Crippen LogP contribution in [0.3, 0.4) is 0 Å². The molecular weight excluding hydrogens is 484 g/mol. The third-order valence-corrected chi connectivity index (χ3v) is 6.33. The molecule has 7 heteroatoms. The average molecular weight is 514 g/mol. The standard InChI is InChI=1S/C31H29F2N3O2/c1-21(22-9-5-4-6-10-22)36(31(38)24-12-8-14-27(33)18-24)20-25-19-28(15-16-29(25)35(2)3)34-30(37)23-11-7-13-26(32)17-23/h4-19,21H,20H2,1-3H3,(H,34,37)/t21-/m1/s1. The lowest BCUT2D eigenvalue weighted by atomic mass is 10.0. The van der Waals surface area contributed by atoms with Gasteiger partial charge in [0.2, 0.25) is 0 Å². The molecule has 4 aromatic carbocycles. The second kappa shape index (κ2) is 11.7. The van der Waals surface area contributed by atoms with E-state index in [2.05, 4.69) is 5.32 Å². The number of amides is 2. The molecule has 0 radical (unpaired) electrons. The number of halogens is 2. The maximum Gasteiger partial charge on any atom is 0.255 e. The van der Waals surface area contributed by atoms with Crippen LogP contribution in [0.5, 0.6) is 0 Å². The highest BCUT2D eigenvalue weighted by Crippen LogP contribution is 2.30. The molecule has 0 saturated heterocycles. The smallest absolute Gasteiger partial charge is 0.255 e. The van der Waals surface area contributed by atoms with E-state index < -0.39 is 17.5 Å². The van der Waals surface area contributed by atoms with E-state index in [0.29, 0.717) is 5.69 Å². The summed E-state index contributed by atoms with van der Waals surface area (Å²) in [6.07, 6.45) is 0. The van der Waals surface area contributed by atoms with Gasteiger partial charge in [0.15, 0.2) is 0 Å². The van der Waals surface area contributed by atoms with E-state index in [1.54, 1.807) is 23.1 Å². The van der Waals surface area contributed by atoms with Gasteiger partial charge in [-0.1, -0.05) is 42.5 Å². The molecule has 0 fully saturated rings. The Morgan fingerprint density at radius 2 is 1.42 bits per heavy atom. The minimum Gasteiger partial charge on any atom is -0.377 e. The minimum absolute atomic E-state index is 0.197. The van der Waals surface area contributed by atoms with Crippen molar-refractivity contribution in [1.82, 2.24) is 4.90 Å². The molecule has 4 rings (SSSR count). The van der Waals surface area contributed by atoms with E-state index in [0.717, 1.165) is 16.8 Å². The van der Waals surface area contributed by atoms with Crippen LogP contribution in [0.4, 0.5) is 20.2 Å². The zero-order chi connectivity index (χ0) is 27.2. The van der Waals surface area contributed by atoms with Crippen LogP contribution in [0.2, 0.25) is 0 Å². The lowest BCUT2D eigenvalue weighted by Gasteiger charge is -2.31. The van der Waals surface area contributed by atoms with E-state index in [1.807, 2.05) is 62.3 Å². The third kappa shape index (κ3) is 6.24. The molecule has 5 nitrogen and oxygen atoms in total. The fraction of sp³-hybridized carbons (Fsp3) is 0.161. The Balaban J connectivity index is 1.71. The van der Waals surface area contributed by atoms with E-state index in [-0.39, 0.29) is 29.6 Å². The molecule has 1 N–H and O–H groups in total. The second-order valence-electron chi connectivity index (χ2n) is 9.23. The van der Waals surface area contributed by atoms with Crippen LogP contribution in [0.15, 0.2) is 97.1 Å². The van der Waals surface area contributed by atoms with Crippen molar-refractivity contribution in [2.24, 2.45) is 0 Å². The van der Waals surface area contributed by atoms with E-state index >= 15 is 0 Å². The van der Waals surface area contributed by atoms with Crippen molar-refractivity contribution in [2.45, 2.75) is 19.5 Å². The highest BCUT2D eigenvalue weighted by Gasteiger charge is 2.25. The van der Waals surface area contributed by atoms with Crippen molar-refractivity contribution in [3.05, 3.63) is 131 Å². The molecule has 2 amide bonds. The number of hydrogen-bond donors (Lipinski definition) is 1. The van der Waals surface area contributed by atoms with Gasteiger partial charge in [0.1, 0.15) is 11.6 Å². The van der Waals surface area contributed by atoms with Crippen molar-refractivity contribution in [3.8, 4) is 0 Å². The summed E-state index contributed by atoms with van der Waals surface area (Å²) in [5.41, 5.74) is 3.51. The zero-order valence-electron chi connectivity index (χ0n) is 21.5. The number of benzene rings is 4. The van der Waals surface area contributed by atoms with Crippen molar-refractivity contribution < 1.29 is 18.4 Å². The van der Waals surface area contributed by atoms with Gasteiger partial charge in [0.25, 0.3) is 11.8 Å². The monoisotopic (exact) mass is 513 g/mol. The van der Waals surface area contributed by atoms with E-state index in [1.165, 1.54) is 42.5 Å². The first-order valence-corrected chi connectivity index (χ1v) is 12.2. The van der Waals surface area contributed by atoms with E-state index in [9.17, 15) is 18.4 Å². The van der Waals surface area contributed by atoms with Gasteiger partial charge >= 0.3 is 0 Å². The van der Waals surface area contributed by atoms with Crippen LogP contribution in [0.25, 0.3) is 0 Å². The number of carbonyl (C=O) groups is 2.